The Bertz CT molecular complexity index is 443. The van der Waals surface area contributed by atoms with E-state index in [4.69, 9.17) is 4.74 Å². The normalized spacial score (nSPS) is 18.1. The van der Waals surface area contributed by atoms with Crippen LogP contribution in [0.3, 0.4) is 0 Å². The molecule has 1 saturated heterocycles. The number of amides is 2. The fraction of sp³-hybridized carbons (Fsp3) is 0.600. The molecular formula is C15H23N3O2. The zero-order valence-corrected chi connectivity index (χ0v) is 12.5. The molecule has 2 rings (SSSR count). The summed E-state index contributed by atoms with van der Waals surface area (Å²) in [4.78, 5) is 20.2. The number of nitrogens with zero attached hydrogens (tertiary/aromatic N) is 3. The summed E-state index contributed by atoms with van der Waals surface area (Å²) in [5.74, 6) is 0.637. The molecule has 0 saturated carbocycles. The Balaban J connectivity index is 1.89. The third-order valence-corrected chi connectivity index (χ3v) is 3.62. The molecule has 1 aromatic heterocycles. The molecule has 2 heterocycles. The average Bonchev–Trinajstić information content (AvgIpc) is 2.91. The van der Waals surface area contributed by atoms with Crippen LogP contribution < -0.4 is 4.74 Å². The van der Waals surface area contributed by atoms with Crippen LogP contribution in [0.1, 0.15) is 25.8 Å². The Morgan fingerprint density at radius 3 is 2.80 bits per heavy atom. The quantitative estimate of drug-likeness (QED) is 0.848. The smallest absolute Gasteiger partial charge is 0.320 e. The third-order valence-electron chi connectivity index (χ3n) is 3.62. The highest BCUT2D eigenvalue weighted by Gasteiger charge is 2.29. The molecule has 5 heteroatoms. The molecule has 0 aliphatic carbocycles. The number of aryl methyl sites for hydroxylation is 1. The highest BCUT2D eigenvalue weighted by molar-refractivity contribution is 5.74. The van der Waals surface area contributed by atoms with Crippen molar-refractivity contribution in [1.29, 1.82) is 0 Å². The Hall–Kier alpha value is -1.78. The SMILES string of the molecule is CCN(CC)C(=O)N1CCC(Oc2ccc(C)cn2)C1. The molecule has 1 fully saturated rings. The molecule has 0 bridgehead atoms. The summed E-state index contributed by atoms with van der Waals surface area (Å²) in [5, 5.41) is 0. The molecule has 1 atom stereocenters. The summed E-state index contributed by atoms with van der Waals surface area (Å²) in [6.45, 7) is 8.89. The maximum Gasteiger partial charge on any atom is 0.320 e. The van der Waals surface area contributed by atoms with Gasteiger partial charge in [-0.3, -0.25) is 0 Å². The molecular weight excluding hydrogens is 254 g/mol. The fourth-order valence-electron chi connectivity index (χ4n) is 2.39. The summed E-state index contributed by atoms with van der Waals surface area (Å²) >= 11 is 0. The van der Waals surface area contributed by atoms with E-state index in [1.54, 1.807) is 6.20 Å². The molecule has 0 radical (unpaired) electrons. The Morgan fingerprint density at radius 1 is 1.45 bits per heavy atom. The van der Waals surface area contributed by atoms with Crippen LogP contribution in [0.4, 0.5) is 4.79 Å². The lowest BCUT2D eigenvalue weighted by atomic mass is 10.3. The largest absolute Gasteiger partial charge is 0.472 e. The van der Waals surface area contributed by atoms with Gasteiger partial charge in [0.2, 0.25) is 5.88 Å². The number of carbonyl (C=O) groups is 1. The van der Waals surface area contributed by atoms with Crippen molar-refractivity contribution < 1.29 is 9.53 Å². The Morgan fingerprint density at radius 2 is 2.20 bits per heavy atom. The van der Waals surface area contributed by atoms with E-state index in [-0.39, 0.29) is 12.1 Å². The van der Waals surface area contributed by atoms with Crippen LogP contribution in [-0.4, -0.2) is 53.1 Å². The van der Waals surface area contributed by atoms with Crippen molar-refractivity contribution in [1.82, 2.24) is 14.8 Å². The van der Waals surface area contributed by atoms with Crippen molar-refractivity contribution in [3.8, 4) is 5.88 Å². The number of ether oxygens (including phenoxy) is 1. The minimum atomic E-state index is 0.0460. The molecule has 1 aliphatic heterocycles. The highest BCUT2D eigenvalue weighted by Crippen LogP contribution is 2.17. The zero-order valence-electron chi connectivity index (χ0n) is 12.5. The van der Waals surface area contributed by atoms with E-state index in [1.807, 2.05) is 42.7 Å². The average molecular weight is 277 g/mol. The third kappa shape index (κ3) is 3.40. The van der Waals surface area contributed by atoms with Gasteiger partial charge in [0, 0.05) is 38.3 Å². The monoisotopic (exact) mass is 277 g/mol. The maximum atomic E-state index is 12.2. The molecule has 1 unspecified atom stereocenters. The van der Waals surface area contributed by atoms with Gasteiger partial charge >= 0.3 is 6.03 Å². The molecule has 1 aromatic rings. The van der Waals surface area contributed by atoms with Crippen LogP contribution in [-0.2, 0) is 0 Å². The first-order valence-electron chi connectivity index (χ1n) is 7.27. The first-order valence-corrected chi connectivity index (χ1v) is 7.27. The van der Waals surface area contributed by atoms with E-state index in [9.17, 15) is 4.79 Å². The molecule has 2 amide bonds. The van der Waals surface area contributed by atoms with Crippen molar-refractivity contribution in [3.05, 3.63) is 23.9 Å². The maximum absolute atomic E-state index is 12.2. The molecule has 5 nitrogen and oxygen atoms in total. The number of hydrogen-bond donors (Lipinski definition) is 0. The number of hydrogen-bond acceptors (Lipinski definition) is 3. The van der Waals surface area contributed by atoms with Gasteiger partial charge in [-0.1, -0.05) is 6.07 Å². The standard InChI is InChI=1S/C15H23N3O2/c1-4-17(5-2)15(19)18-9-8-13(11-18)20-14-7-6-12(3)10-16-14/h6-7,10,13H,4-5,8-9,11H2,1-3H3. The summed E-state index contributed by atoms with van der Waals surface area (Å²) in [6, 6.07) is 3.97. The summed E-state index contributed by atoms with van der Waals surface area (Å²) in [7, 11) is 0. The van der Waals surface area contributed by atoms with E-state index >= 15 is 0 Å². The van der Waals surface area contributed by atoms with E-state index in [1.165, 1.54) is 0 Å². The predicted molar refractivity (Wildman–Crippen MR) is 77.9 cm³/mol. The molecule has 110 valence electrons. The van der Waals surface area contributed by atoms with Crippen molar-refractivity contribution >= 4 is 6.03 Å². The molecule has 20 heavy (non-hydrogen) atoms. The van der Waals surface area contributed by atoms with Crippen molar-refractivity contribution in [2.45, 2.75) is 33.3 Å². The van der Waals surface area contributed by atoms with Gasteiger partial charge in [0.15, 0.2) is 0 Å². The van der Waals surface area contributed by atoms with Gasteiger partial charge in [0.05, 0.1) is 6.54 Å². The van der Waals surface area contributed by atoms with Gasteiger partial charge in [-0.05, 0) is 26.3 Å². The lowest BCUT2D eigenvalue weighted by molar-refractivity contribution is 0.155. The number of likely N-dealkylation sites (tertiary alicyclic amines) is 1. The van der Waals surface area contributed by atoms with E-state index in [0.29, 0.717) is 12.4 Å². The topological polar surface area (TPSA) is 45.7 Å². The predicted octanol–water partition coefficient (Wildman–Crippen LogP) is 2.30. The fourth-order valence-corrected chi connectivity index (χ4v) is 2.39. The minimum absolute atomic E-state index is 0.0460. The lowest BCUT2D eigenvalue weighted by Gasteiger charge is -2.25. The van der Waals surface area contributed by atoms with Gasteiger partial charge in [0.25, 0.3) is 0 Å². The van der Waals surface area contributed by atoms with E-state index < -0.39 is 0 Å². The first-order chi connectivity index (χ1) is 9.63. The summed E-state index contributed by atoms with van der Waals surface area (Å²) < 4.78 is 5.83. The summed E-state index contributed by atoms with van der Waals surface area (Å²) in [6.07, 6.45) is 2.70. The van der Waals surface area contributed by atoms with Crippen LogP contribution in [0.5, 0.6) is 5.88 Å². The second-order valence-corrected chi connectivity index (χ2v) is 5.10. The summed E-state index contributed by atoms with van der Waals surface area (Å²) in [5.41, 5.74) is 1.11. The zero-order chi connectivity index (χ0) is 14.5. The van der Waals surface area contributed by atoms with E-state index in [0.717, 1.165) is 31.6 Å². The lowest BCUT2D eigenvalue weighted by Crippen LogP contribution is -2.42. The molecule has 0 spiro atoms. The van der Waals surface area contributed by atoms with E-state index in [2.05, 4.69) is 4.98 Å². The van der Waals surface area contributed by atoms with Gasteiger partial charge in [0.1, 0.15) is 6.10 Å². The van der Waals surface area contributed by atoms with Crippen molar-refractivity contribution in [2.24, 2.45) is 0 Å². The van der Waals surface area contributed by atoms with Crippen molar-refractivity contribution in [3.63, 3.8) is 0 Å². The van der Waals surface area contributed by atoms with Gasteiger partial charge < -0.3 is 14.5 Å². The number of rotatable bonds is 4. The molecule has 0 N–H and O–H groups in total. The Kier molecular flexibility index (Phi) is 4.82. The van der Waals surface area contributed by atoms with Crippen LogP contribution in [0.2, 0.25) is 0 Å². The van der Waals surface area contributed by atoms with Crippen LogP contribution >= 0.6 is 0 Å². The minimum Gasteiger partial charge on any atom is -0.472 e. The number of urea groups is 1. The van der Waals surface area contributed by atoms with Gasteiger partial charge in [-0.25, -0.2) is 9.78 Å². The number of carbonyl (C=O) groups excluding carboxylic acids is 1. The van der Waals surface area contributed by atoms with Gasteiger partial charge in [-0.15, -0.1) is 0 Å². The molecule has 0 aromatic carbocycles. The Labute approximate surface area is 120 Å². The van der Waals surface area contributed by atoms with Crippen molar-refractivity contribution in [2.75, 3.05) is 26.2 Å². The first kappa shape index (κ1) is 14.6. The molecule has 1 aliphatic rings. The van der Waals surface area contributed by atoms with Gasteiger partial charge in [-0.2, -0.15) is 0 Å². The highest BCUT2D eigenvalue weighted by atomic mass is 16.5. The second-order valence-electron chi connectivity index (χ2n) is 5.10. The number of aromatic nitrogens is 1. The second kappa shape index (κ2) is 6.59. The van der Waals surface area contributed by atoms with Crippen LogP contribution in [0.15, 0.2) is 18.3 Å². The number of pyridine rings is 1. The van der Waals surface area contributed by atoms with Crippen LogP contribution in [0.25, 0.3) is 0 Å². The van der Waals surface area contributed by atoms with Crippen LogP contribution in [0, 0.1) is 6.92 Å².